The topological polar surface area (TPSA) is 75.2 Å². The Kier molecular flexibility index (Phi) is 5.40. The molecule has 1 N–H and O–H groups in total. The Labute approximate surface area is 173 Å². The molecule has 0 aliphatic carbocycles. The molecule has 6 nitrogen and oxygen atoms in total. The first-order valence-corrected chi connectivity index (χ1v) is 10.4. The van der Waals surface area contributed by atoms with Crippen molar-refractivity contribution in [2.75, 3.05) is 11.9 Å². The van der Waals surface area contributed by atoms with Crippen LogP contribution in [0.15, 0.2) is 48.5 Å². The highest BCUT2D eigenvalue weighted by Gasteiger charge is 2.34. The zero-order chi connectivity index (χ0) is 20.4. The van der Waals surface area contributed by atoms with Gasteiger partial charge in [0.25, 0.3) is 11.8 Å². The summed E-state index contributed by atoms with van der Waals surface area (Å²) >= 11 is 1.25. The van der Waals surface area contributed by atoms with Crippen LogP contribution in [0.1, 0.15) is 55.2 Å². The number of likely N-dealkylation sites (tertiary alicyclic amines) is 1. The second-order valence-electron chi connectivity index (χ2n) is 7.24. The van der Waals surface area contributed by atoms with Gasteiger partial charge in [-0.1, -0.05) is 47.2 Å². The summed E-state index contributed by atoms with van der Waals surface area (Å²) in [5.41, 5.74) is 3.51. The number of rotatable bonds is 4. The van der Waals surface area contributed by atoms with Gasteiger partial charge in [0, 0.05) is 17.8 Å². The number of anilines is 1. The van der Waals surface area contributed by atoms with Crippen LogP contribution in [0.5, 0.6) is 0 Å². The molecule has 29 heavy (non-hydrogen) atoms. The van der Waals surface area contributed by atoms with E-state index in [2.05, 4.69) is 15.5 Å². The molecule has 1 saturated heterocycles. The van der Waals surface area contributed by atoms with Crippen LogP contribution in [0.4, 0.5) is 5.69 Å². The molecule has 148 valence electrons. The molecule has 1 atom stereocenters. The Hall–Kier alpha value is -3.06. The first kappa shape index (κ1) is 19.3. The largest absolute Gasteiger partial charge is 0.329 e. The second kappa shape index (κ2) is 8.13. The van der Waals surface area contributed by atoms with Gasteiger partial charge in [0.2, 0.25) is 5.01 Å². The first-order chi connectivity index (χ1) is 14.0. The van der Waals surface area contributed by atoms with Crippen molar-refractivity contribution in [3.8, 4) is 0 Å². The van der Waals surface area contributed by atoms with Crippen molar-refractivity contribution in [1.82, 2.24) is 15.1 Å². The summed E-state index contributed by atoms with van der Waals surface area (Å²) in [6.07, 6.45) is 1.73. The van der Waals surface area contributed by atoms with E-state index in [1.54, 1.807) is 0 Å². The van der Waals surface area contributed by atoms with Crippen LogP contribution in [0, 0.1) is 13.8 Å². The van der Waals surface area contributed by atoms with Crippen molar-refractivity contribution in [1.29, 1.82) is 0 Å². The van der Waals surface area contributed by atoms with Crippen molar-refractivity contribution in [3.63, 3.8) is 0 Å². The maximum atomic E-state index is 13.1. The van der Waals surface area contributed by atoms with Gasteiger partial charge >= 0.3 is 0 Å². The SMILES string of the molecule is Cc1ccc(NC(=O)c2nnc(C3CCCN3C(=O)c3ccccc3C)s2)cc1. The predicted molar refractivity (Wildman–Crippen MR) is 113 cm³/mol. The number of carbonyl (C=O) groups is 2. The maximum absolute atomic E-state index is 13.1. The molecule has 1 fully saturated rings. The van der Waals surface area contributed by atoms with Crippen LogP contribution >= 0.6 is 11.3 Å². The molecule has 2 amide bonds. The number of hydrogen-bond donors (Lipinski definition) is 1. The van der Waals surface area contributed by atoms with E-state index in [0.717, 1.165) is 29.7 Å². The smallest absolute Gasteiger partial charge is 0.286 e. The van der Waals surface area contributed by atoms with Gasteiger partial charge in [-0.2, -0.15) is 0 Å². The number of nitrogens with zero attached hydrogens (tertiary/aromatic N) is 3. The summed E-state index contributed by atoms with van der Waals surface area (Å²) < 4.78 is 0. The predicted octanol–water partition coefficient (Wildman–Crippen LogP) is 4.38. The van der Waals surface area contributed by atoms with E-state index in [9.17, 15) is 9.59 Å². The molecule has 0 spiro atoms. The molecule has 0 saturated carbocycles. The van der Waals surface area contributed by atoms with Crippen LogP contribution in [-0.2, 0) is 0 Å². The number of amides is 2. The fourth-order valence-corrected chi connectivity index (χ4v) is 4.40. The third-order valence-electron chi connectivity index (χ3n) is 5.12. The monoisotopic (exact) mass is 406 g/mol. The molecule has 2 aromatic carbocycles. The molecule has 0 radical (unpaired) electrons. The number of carbonyl (C=O) groups excluding carboxylic acids is 2. The Balaban J connectivity index is 1.50. The molecule has 0 bridgehead atoms. The second-order valence-corrected chi connectivity index (χ2v) is 8.25. The van der Waals surface area contributed by atoms with Gasteiger partial charge in [-0.05, 0) is 50.5 Å². The van der Waals surface area contributed by atoms with Crippen LogP contribution in [-0.4, -0.2) is 33.5 Å². The lowest BCUT2D eigenvalue weighted by atomic mass is 10.1. The number of nitrogens with one attached hydrogen (secondary N) is 1. The lowest BCUT2D eigenvalue weighted by molar-refractivity contribution is 0.0734. The minimum atomic E-state index is -0.285. The number of hydrogen-bond acceptors (Lipinski definition) is 5. The third-order valence-corrected chi connectivity index (χ3v) is 6.14. The Morgan fingerprint density at radius 3 is 2.59 bits per heavy atom. The number of aromatic nitrogens is 2. The first-order valence-electron chi connectivity index (χ1n) is 9.61. The highest BCUT2D eigenvalue weighted by Crippen LogP contribution is 2.35. The van der Waals surface area contributed by atoms with E-state index < -0.39 is 0 Å². The summed E-state index contributed by atoms with van der Waals surface area (Å²) in [6.45, 7) is 4.62. The quantitative estimate of drug-likeness (QED) is 0.697. The van der Waals surface area contributed by atoms with Gasteiger partial charge < -0.3 is 10.2 Å². The lowest BCUT2D eigenvalue weighted by Crippen LogP contribution is -2.31. The molecular weight excluding hydrogens is 384 g/mol. The average molecular weight is 407 g/mol. The number of aryl methyl sites for hydroxylation is 2. The average Bonchev–Trinajstić information content (AvgIpc) is 3.39. The molecule has 7 heteroatoms. The molecule has 3 aromatic rings. The molecule has 1 aromatic heterocycles. The van der Waals surface area contributed by atoms with E-state index in [0.29, 0.717) is 22.1 Å². The van der Waals surface area contributed by atoms with Gasteiger partial charge in [-0.3, -0.25) is 9.59 Å². The van der Waals surface area contributed by atoms with E-state index in [1.165, 1.54) is 11.3 Å². The molecule has 4 rings (SSSR count). The minimum absolute atomic E-state index is 0.00598. The van der Waals surface area contributed by atoms with Gasteiger partial charge in [0.1, 0.15) is 5.01 Å². The summed E-state index contributed by atoms with van der Waals surface area (Å²) in [7, 11) is 0. The van der Waals surface area contributed by atoms with Gasteiger partial charge in [-0.25, -0.2) is 0 Å². The van der Waals surface area contributed by atoms with E-state index in [4.69, 9.17) is 0 Å². The fraction of sp³-hybridized carbons (Fsp3) is 0.273. The molecule has 2 heterocycles. The van der Waals surface area contributed by atoms with E-state index in [-0.39, 0.29) is 17.9 Å². The Morgan fingerprint density at radius 1 is 1.07 bits per heavy atom. The van der Waals surface area contributed by atoms with Crippen molar-refractivity contribution in [3.05, 3.63) is 75.2 Å². The maximum Gasteiger partial charge on any atom is 0.286 e. The molecule has 1 aliphatic heterocycles. The van der Waals surface area contributed by atoms with E-state index >= 15 is 0 Å². The van der Waals surface area contributed by atoms with Crippen LogP contribution in [0.25, 0.3) is 0 Å². The van der Waals surface area contributed by atoms with Gasteiger partial charge in [0.15, 0.2) is 0 Å². The summed E-state index contributed by atoms with van der Waals surface area (Å²) in [4.78, 5) is 27.4. The van der Waals surface area contributed by atoms with Gasteiger partial charge in [0.05, 0.1) is 6.04 Å². The molecular formula is C22H22N4O2S. The molecule has 1 unspecified atom stereocenters. The lowest BCUT2D eigenvalue weighted by Gasteiger charge is -2.23. The minimum Gasteiger partial charge on any atom is -0.329 e. The zero-order valence-electron chi connectivity index (χ0n) is 16.4. The highest BCUT2D eigenvalue weighted by molar-refractivity contribution is 7.13. The van der Waals surface area contributed by atoms with Crippen molar-refractivity contribution in [2.45, 2.75) is 32.7 Å². The van der Waals surface area contributed by atoms with Crippen molar-refractivity contribution >= 4 is 28.8 Å². The fourth-order valence-electron chi connectivity index (χ4n) is 3.52. The third kappa shape index (κ3) is 4.05. The highest BCUT2D eigenvalue weighted by atomic mass is 32.1. The summed E-state index contributed by atoms with van der Waals surface area (Å²) in [5.74, 6) is -0.279. The van der Waals surface area contributed by atoms with Crippen LogP contribution in [0.3, 0.4) is 0 Å². The normalized spacial score (nSPS) is 16.1. The van der Waals surface area contributed by atoms with Crippen LogP contribution in [0.2, 0.25) is 0 Å². The Morgan fingerprint density at radius 2 is 1.83 bits per heavy atom. The number of benzene rings is 2. The Bertz CT molecular complexity index is 1040. The van der Waals surface area contributed by atoms with Crippen LogP contribution < -0.4 is 5.32 Å². The molecule has 1 aliphatic rings. The van der Waals surface area contributed by atoms with Crippen molar-refractivity contribution < 1.29 is 9.59 Å². The van der Waals surface area contributed by atoms with Crippen molar-refractivity contribution in [2.24, 2.45) is 0 Å². The van der Waals surface area contributed by atoms with Gasteiger partial charge in [-0.15, -0.1) is 10.2 Å². The zero-order valence-corrected chi connectivity index (χ0v) is 17.2. The summed E-state index contributed by atoms with van der Waals surface area (Å²) in [5, 5.41) is 12.2. The standard InChI is InChI=1S/C22H22N4O2S/c1-14-9-11-16(12-10-14)23-19(27)21-25-24-20(29-21)18-8-5-13-26(18)22(28)17-7-4-3-6-15(17)2/h3-4,6-7,9-12,18H,5,8,13H2,1-2H3,(H,23,27). The summed E-state index contributed by atoms with van der Waals surface area (Å²) in [6, 6.07) is 15.1. The van der Waals surface area contributed by atoms with E-state index in [1.807, 2.05) is 67.3 Å².